The molecular formula is C13H21ClN2O2S. The Bertz CT molecular complexity index is 416. The van der Waals surface area contributed by atoms with Crippen LogP contribution in [0.5, 0.6) is 5.75 Å². The van der Waals surface area contributed by atoms with Gasteiger partial charge in [0.15, 0.2) is 0 Å². The predicted molar refractivity (Wildman–Crippen MR) is 82.4 cm³/mol. The highest BCUT2D eigenvalue weighted by Crippen LogP contribution is 2.28. The highest BCUT2D eigenvalue weighted by molar-refractivity contribution is 7.98. The van der Waals surface area contributed by atoms with Crippen molar-refractivity contribution in [1.29, 1.82) is 0 Å². The SMILES string of the molecule is CNCC(=O)N(C)Cc1ccc(SC)c(OC)c1.Cl. The second-order valence-electron chi connectivity index (χ2n) is 3.97. The van der Waals surface area contributed by atoms with Crippen molar-refractivity contribution in [2.24, 2.45) is 0 Å². The van der Waals surface area contributed by atoms with E-state index in [9.17, 15) is 4.79 Å². The van der Waals surface area contributed by atoms with Gasteiger partial charge >= 0.3 is 0 Å². The number of nitrogens with zero attached hydrogens (tertiary/aromatic N) is 1. The van der Waals surface area contributed by atoms with Gasteiger partial charge < -0.3 is 15.0 Å². The van der Waals surface area contributed by atoms with Crippen LogP contribution in [0.15, 0.2) is 23.1 Å². The van der Waals surface area contributed by atoms with Crippen molar-refractivity contribution >= 4 is 30.1 Å². The van der Waals surface area contributed by atoms with E-state index in [0.29, 0.717) is 13.1 Å². The van der Waals surface area contributed by atoms with Gasteiger partial charge in [0.1, 0.15) is 5.75 Å². The molecule has 1 aromatic rings. The van der Waals surface area contributed by atoms with Gasteiger partial charge in [0.2, 0.25) is 5.91 Å². The molecule has 0 heterocycles. The minimum Gasteiger partial charge on any atom is -0.496 e. The summed E-state index contributed by atoms with van der Waals surface area (Å²) in [7, 11) is 5.23. The quantitative estimate of drug-likeness (QED) is 0.817. The molecule has 1 N–H and O–H groups in total. The molecular weight excluding hydrogens is 284 g/mol. The predicted octanol–water partition coefficient (Wildman–Crippen LogP) is 2.02. The number of ether oxygens (including phenoxy) is 1. The molecule has 1 amide bonds. The van der Waals surface area contributed by atoms with E-state index in [1.54, 1.807) is 37.9 Å². The summed E-state index contributed by atoms with van der Waals surface area (Å²) in [5.74, 6) is 0.930. The van der Waals surface area contributed by atoms with Crippen LogP contribution in [0.25, 0.3) is 0 Å². The molecule has 6 heteroatoms. The zero-order valence-corrected chi connectivity index (χ0v) is 13.4. The molecule has 0 spiro atoms. The zero-order valence-electron chi connectivity index (χ0n) is 11.7. The Kier molecular flexibility index (Phi) is 8.63. The lowest BCUT2D eigenvalue weighted by Crippen LogP contribution is -2.33. The van der Waals surface area contributed by atoms with Gasteiger partial charge in [0, 0.05) is 18.5 Å². The first-order chi connectivity index (χ1) is 8.62. The maximum atomic E-state index is 11.7. The fourth-order valence-corrected chi connectivity index (χ4v) is 2.17. The average molecular weight is 305 g/mol. The minimum atomic E-state index is 0. The van der Waals surface area contributed by atoms with Crippen LogP contribution >= 0.6 is 24.2 Å². The topological polar surface area (TPSA) is 41.6 Å². The van der Waals surface area contributed by atoms with Gasteiger partial charge in [0.25, 0.3) is 0 Å². The molecule has 0 aliphatic carbocycles. The standard InChI is InChI=1S/C13H20N2O2S.ClH/c1-14-8-13(16)15(2)9-10-5-6-12(18-4)11(7-10)17-3;/h5-7,14H,8-9H2,1-4H3;1H. The second kappa shape index (κ2) is 9.07. The molecule has 0 bridgehead atoms. The van der Waals surface area contributed by atoms with Crippen molar-refractivity contribution in [3.05, 3.63) is 23.8 Å². The highest BCUT2D eigenvalue weighted by Gasteiger charge is 2.09. The summed E-state index contributed by atoms with van der Waals surface area (Å²) in [5.41, 5.74) is 1.07. The first kappa shape index (κ1) is 18.1. The van der Waals surface area contributed by atoms with Crippen molar-refractivity contribution in [1.82, 2.24) is 10.2 Å². The van der Waals surface area contributed by atoms with E-state index in [4.69, 9.17) is 4.74 Å². The lowest BCUT2D eigenvalue weighted by atomic mass is 10.2. The van der Waals surface area contributed by atoms with Crippen LogP contribution in [0.2, 0.25) is 0 Å². The van der Waals surface area contributed by atoms with Crippen LogP contribution in [0.1, 0.15) is 5.56 Å². The third kappa shape index (κ3) is 5.30. The van der Waals surface area contributed by atoms with E-state index in [1.807, 2.05) is 24.5 Å². The summed E-state index contributed by atoms with van der Waals surface area (Å²) < 4.78 is 5.33. The number of likely N-dealkylation sites (N-methyl/N-ethyl adjacent to an activating group) is 2. The van der Waals surface area contributed by atoms with E-state index in [2.05, 4.69) is 5.32 Å². The second-order valence-corrected chi connectivity index (χ2v) is 4.82. The van der Waals surface area contributed by atoms with Gasteiger partial charge in [0.05, 0.1) is 13.7 Å². The highest BCUT2D eigenvalue weighted by atomic mass is 35.5. The molecule has 1 aromatic carbocycles. The average Bonchev–Trinajstić information content (AvgIpc) is 2.38. The van der Waals surface area contributed by atoms with Crippen LogP contribution in [-0.2, 0) is 11.3 Å². The fraction of sp³-hybridized carbons (Fsp3) is 0.462. The number of carbonyl (C=O) groups is 1. The molecule has 0 saturated heterocycles. The third-order valence-electron chi connectivity index (χ3n) is 2.62. The number of amides is 1. The summed E-state index contributed by atoms with van der Waals surface area (Å²) in [6.45, 7) is 0.946. The maximum Gasteiger partial charge on any atom is 0.236 e. The maximum absolute atomic E-state index is 11.7. The van der Waals surface area contributed by atoms with E-state index < -0.39 is 0 Å². The van der Waals surface area contributed by atoms with Gasteiger partial charge in [-0.15, -0.1) is 24.2 Å². The number of hydrogen-bond donors (Lipinski definition) is 1. The lowest BCUT2D eigenvalue weighted by molar-refractivity contribution is -0.129. The molecule has 0 aliphatic heterocycles. The molecule has 1 rings (SSSR count). The molecule has 0 aromatic heterocycles. The van der Waals surface area contributed by atoms with Crippen molar-refractivity contribution in [3.63, 3.8) is 0 Å². The van der Waals surface area contributed by atoms with Crippen LogP contribution < -0.4 is 10.1 Å². The molecule has 0 unspecified atom stereocenters. The summed E-state index contributed by atoms with van der Waals surface area (Å²) in [6, 6.07) is 6.03. The Morgan fingerprint density at radius 2 is 2.16 bits per heavy atom. The lowest BCUT2D eigenvalue weighted by Gasteiger charge is -2.18. The number of methoxy groups -OCH3 is 1. The first-order valence-electron chi connectivity index (χ1n) is 5.71. The largest absolute Gasteiger partial charge is 0.496 e. The Morgan fingerprint density at radius 3 is 2.68 bits per heavy atom. The minimum absolute atomic E-state index is 0. The summed E-state index contributed by atoms with van der Waals surface area (Å²) in [6.07, 6.45) is 2.01. The smallest absolute Gasteiger partial charge is 0.236 e. The molecule has 0 atom stereocenters. The van der Waals surface area contributed by atoms with Gasteiger partial charge in [-0.05, 0) is 31.0 Å². The monoisotopic (exact) mass is 304 g/mol. The third-order valence-corrected chi connectivity index (χ3v) is 3.40. The van der Waals surface area contributed by atoms with Crippen molar-refractivity contribution in [2.45, 2.75) is 11.4 Å². The fourth-order valence-electron chi connectivity index (χ4n) is 1.63. The number of benzene rings is 1. The Balaban J connectivity index is 0.00000324. The van der Waals surface area contributed by atoms with E-state index in [1.165, 1.54) is 0 Å². The van der Waals surface area contributed by atoms with Crippen LogP contribution in [0, 0.1) is 0 Å². The number of thioether (sulfide) groups is 1. The molecule has 0 saturated carbocycles. The number of rotatable bonds is 6. The zero-order chi connectivity index (χ0) is 13.5. The van der Waals surface area contributed by atoms with Gasteiger partial charge in [-0.25, -0.2) is 0 Å². The van der Waals surface area contributed by atoms with Gasteiger partial charge in [-0.2, -0.15) is 0 Å². The van der Waals surface area contributed by atoms with Crippen molar-refractivity contribution in [3.8, 4) is 5.75 Å². The van der Waals surface area contributed by atoms with Gasteiger partial charge in [-0.1, -0.05) is 6.07 Å². The molecule has 4 nitrogen and oxygen atoms in total. The Labute approximate surface area is 125 Å². The van der Waals surface area contributed by atoms with Crippen LogP contribution in [0.3, 0.4) is 0 Å². The normalized spacial score (nSPS) is 9.68. The molecule has 19 heavy (non-hydrogen) atoms. The number of nitrogens with one attached hydrogen (secondary N) is 1. The molecule has 0 aliphatic rings. The number of hydrogen-bond acceptors (Lipinski definition) is 4. The summed E-state index contributed by atoms with van der Waals surface area (Å²) >= 11 is 1.65. The van der Waals surface area contributed by atoms with Crippen molar-refractivity contribution < 1.29 is 9.53 Å². The van der Waals surface area contributed by atoms with Crippen LogP contribution in [-0.4, -0.2) is 44.8 Å². The first-order valence-corrected chi connectivity index (χ1v) is 6.94. The van der Waals surface area contributed by atoms with E-state index in [-0.39, 0.29) is 18.3 Å². The number of carbonyl (C=O) groups excluding carboxylic acids is 1. The van der Waals surface area contributed by atoms with Gasteiger partial charge in [-0.3, -0.25) is 4.79 Å². The van der Waals surface area contributed by atoms with Crippen molar-refractivity contribution in [2.75, 3.05) is 34.0 Å². The van der Waals surface area contributed by atoms with E-state index in [0.717, 1.165) is 16.2 Å². The Hall–Kier alpha value is -0.910. The Morgan fingerprint density at radius 1 is 1.47 bits per heavy atom. The molecule has 108 valence electrons. The molecule has 0 fully saturated rings. The van der Waals surface area contributed by atoms with E-state index >= 15 is 0 Å². The van der Waals surface area contributed by atoms with Crippen LogP contribution in [0.4, 0.5) is 0 Å². The summed E-state index contributed by atoms with van der Waals surface area (Å²) in [5, 5.41) is 2.86. The summed E-state index contributed by atoms with van der Waals surface area (Å²) in [4.78, 5) is 14.5. The molecule has 0 radical (unpaired) electrons. The number of halogens is 1.